The zero-order valence-electron chi connectivity index (χ0n) is 19.0. The smallest absolute Gasteiger partial charge is 0.290 e. The molecule has 6 nitrogen and oxygen atoms in total. The molecule has 35 heavy (non-hydrogen) atoms. The van der Waals surface area contributed by atoms with E-state index in [0.29, 0.717) is 35.1 Å². The molecule has 0 spiro atoms. The minimum absolute atomic E-state index is 0.0357. The highest BCUT2D eigenvalue weighted by molar-refractivity contribution is 6.30. The highest BCUT2D eigenvalue weighted by Gasteiger charge is 2.42. The van der Waals surface area contributed by atoms with E-state index in [0.717, 1.165) is 11.6 Å². The van der Waals surface area contributed by atoms with Crippen LogP contribution in [0.1, 0.15) is 33.3 Å². The molecule has 1 aromatic heterocycles. The Labute approximate surface area is 205 Å². The first-order valence-electron chi connectivity index (χ1n) is 10.9. The van der Waals surface area contributed by atoms with E-state index >= 15 is 0 Å². The molecule has 1 unspecified atom stereocenters. The number of fused-ring (bicyclic) bond motifs is 2. The number of hydrogen-bond acceptors (Lipinski definition) is 5. The van der Waals surface area contributed by atoms with Crippen LogP contribution in [0, 0.1) is 5.82 Å². The number of nitrogens with zero attached hydrogens (tertiary/aromatic N) is 1. The summed E-state index contributed by atoms with van der Waals surface area (Å²) in [5.74, 6) is 0.183. The summed E-state index contributed by atoms with van der Waals surface area (Å²) in [6, 6.07) is 15.5. The molecule has 0 aliphatic carbocycles. The zero-order chi connectivity index (χ0) is 24.7. The van der Waals surface area contributed by atoms with Crippen LogP contribution < -0.4 is 14.9 Å². The molecule has 178 valence electrons. The highest BCUT2D eigenvalue weighted by atomic mass is 35.5. The van der Waals surface area contributed by atoms with Crippen LogP contribution in [-0.4, -0.2) is 31.6 Å². The normalized spacial score (nSPS) is 14.9. The molecule has 0 N–H and O–H groups in total. The summed E-state index contributed by atoms with van der Waals surface area (Å²) >= 11 is 6.24. The van der Waals surface area contributed by atoms with E-state index in [1.165, 1.54) is 12.1 Å². The number of ether oxygens (including phenoxy) is 2. The van der Waals surface area contributed by atoms with Crippen molar-refractivity contribution in [3.05, 3.63) is 104 Å². The molecule has 0 saturated heterocycles. The van der Waals surface area contributed by atoms with Gasteiger partial charge in [-0.05, 0) is 60.0 Å². The van der Waals surface area contributed by atoms with Gasteiger partial charge in [0.15, 0.2) is 16.9 Å². The van der Waals surface area contributed by atoms with Gasteiger partial charge in [0.25, 0.3) is 5.91 Å². The maximum atomic E-state index is 13.9. The number of benzene rings is 3. The second kappa shape index (κ2) is 9.07. The summed E-state index contributed by atoms with van der Waals surface area (Å²) in [4.78, 5) is 28.6. The fourth-order valence-electron chi connectivity index (χ4n) is 4.53. The maximum Gasteiger partial charge on any atom is 0.290 e. The molecule has 1 aliphatic rings. The molecule has 3 aromatic carbocycles. The van der Waals surface area contributed by atoms with Crippen molar-refractivity contribution in [1.82, 2.24) is 4.90 Å². The number of rotatable bonds is 6. The molecular weight excluding hydrogens is 473 g/mol. The van der Waals surface area contributed by atoms with Gasteiger partial charge in [0, 0.05) is 11.6 Å². The molecule has 2 heterocycles. The summed E-state index contributed by atoms with van der Waals surface area (Å²) in [6.45, 7) is 0.292. The second-order valence-corrected chi connectivity index (χ2v) is 8.65. The van der Waals surface area contributed by atoms with E-state index in [4.69, 9.17) is 25.5 Å². The molecule has 0 bridgehead atoms. The first-order chi connectivity index (χ1) is 16.9. The zero-order valence-corrected chi connectivity index (χ0v) is 19.8. The Morgan fingerprint density at radius 3 is 2.54 bits per heavy atom. The number of halogens is 2. The summed E-state index contributed by atoms with van der Waals surface area (Å²) in [6.07, 6.45) is 0.486. The molecule has 4 aromatic rings. The van der Waals surface area contributed by atoms with Crippen molar-refractivity contribution in [2.24, 2.45) is 0 Å². The Bertz CT molecular complexity index is 1520. The van der Waals surface area contributed by atoms with Gasteiger partial charge in [-0.15, -0.1) is 0 Å². The monoisotopic (exact) mass is 493 g/mol. The fourth-order valence-corrected chi connectivity index (χ4v) is 4.73. The third kappa shape index (κ3) is 4.02. The van der Waals surface area contributed by atoms with Crippen LogP contribution in [0.15, 0.2) is 69.9 Å². The standard InChI is InChI=1S/C27H21ClFNO5/c1-33-21-8-6-15(12-22(21)34-2)10-11-30-24(16-4-3-5-17(28)13-16)23-25(31)19-14-18(29)7-9-20(19)35-26(23)27(30)32/h3-9,12-14,24H,10-11H2,1-2H3. The molecule has 0 radical (unpaired) electrons. The second-order valence-electron chi connectivity index (χ2n) is 8.21. The van der Waals surface area contributed by atoms with Crippen molar-refractivity contribution >= 4 is 28.5 Å². The summed E-state index contributed by atoms with van der Waals surface area (Å²) < 4.78 is 30.5. The fraction of sp³-hybridized carbons (Fsp3) is 0.185. The van der Waals surface area contributed by atoms with Crippen LogP contribution in [0.2, 0.25) is 5.02 Å². The minimum Gasteiger partial charge on any atom is -0.493 e. The van der Waals surface area contributed by atoms with Crippen LogP contribution in [0.4, 0.5) is 4.39 Å². The van der Waals surface area contributed by atoms with Crippen LogP contribution in [0.25, 0.3) is 11.0 Å². The van der Waals surface area contributed by atoms with Gasteiger partial charge < -0.3 is 18.8 Å². The Kier molecular flexibility index (Phi) is 5.94. The van der Waals surface area contributed by atoms with Gasteiger partial charge in [-0.25, -0.2) is 4.39 Å². The molecule has 1 amide bonds. The van der Waals surface area contributed by atoms with Crippen molar-refractivity contribution in [3.63, 3.8) is 0 Å². The van der Waals surface area contributed by atoms with Crippen molar-refractivity contribution in [1.29, 1.82) is 0 Å². The topological polar surface area (TPSA) is 69.0 Å². The molecule has 5 rings (SSSR count). The van der Waals surface area contributed by atoms with Crippen molar-refractivity contribution in [3.8, 4) is 11.5 Å². The molecule has 1 aliphatic heterocycles. The maximum absolute atomic E-state index is 13.9. The SMILES string of the molecule is COc1ccc(CCN2C(=O)c3oc4ccc(F)cc4c(=O)c3C2c2cccc(Cl)c2)cc1OC. The minimum atomic E-state index is -0.722. The van der Waals surface area contributed by atoms with E-state index in [9.17, 15) is 14.0 Å². The summed E-state index contributed by atoms with van der Waals surface area (Å²) in [7, 11) is 3.12. The van der Waals surface area contributed by atoms with Crippen LogP contribution >= 0.6 is 11.6 Å². The van der Waals surface area contributed by atoms with Crippen LogP contribution in [-0.2, 0) is 6.42 Å². The Hall–Kier alpha value is -3.84. The number of carbonyl (C=O) groups is 1. The van der Waals surface area contributed by atoms with Gasteiger partial charge in [-0.3, -0.25) is 9.59 Å². The quantitative estimate of drug-likeness (QED) is 0.360. The number of carbonyl (C=O) groups excluding carboxylic acids is 1. The lowest BCUT2D eigenvalue weighted by atomic mass is 9.98. The van der Waals surface area contributed by atoms with Gasteiger partial charge >= 0.3 is 0 Å². The summed E-state index contributed by atoms with van der Waals surface area (Å²) in [5.41, 5.74) is 1.49. The average Bonchev–Trinajstić information content (AvgIpc) is 3.14. The Morgan fingerprint density at radius 1 is 1.00 bits per heavy atom. The predicted octanol–water partition coefficient (Wildman–Crippen LogP) is 5.39. The molecular formula is C27H21ClFNO5. The van der Waals surface area contributed by atoms with Crippen molar-refractivity contribution in [2.75, 3.05) is 20.8 Å². The van der Waals surface area contributed by atoms with Crippen LogP contribution in [0.3, 0.4) is 0 Å². The Balaban J connectivity index is 1.59. The molecule has 0 fully saturated rings. The average molecular weight is 494 g/mol. The third-order valence-corrected chi connectivity index (χ3v) is 6.42. The number of hydrogen-bond donors (Lipinski definition) is 0. The van der Waals surface area contributed by atoms with Gasteiger partial charge in [0.1, 0.15) is 11.4 Å². The number of methoxy groups -OCH3 is 2. The van der Waals surface area contributed by atoms with Gasteiger partial charge in [0.05, 0.1) is 31.2 Å². The highest BCUT2D eigenvalue weighted by Crippen LogP contribution is 2.39. The van der Waals surface area contributed by atoms with E-state index in [1.807, 2.05) is 12.1 Å². The summed E-state index contributed by atoms with van der Waals surface area (Å²) in [5, 5.41) is 0.560. The Morgan fingerprint density at radius 2 is 1.80 bits per heavy atom. The first-order valence-corrected chi connectivity index (χ1v) is 11.3. The lowest BCUT2D eigenvalue weighted by molar-refractivity contribution is 0.0730. The van der Waals surface area contributed by atoms with Gasteiger partial charge in [-0.2, -0.15) is 0 Å². The van der Waals surface area contributed by atoms with E-state index in [1.54, 1.807) is 49.5 Å². The number of amides is 1. The lowest BCUT2D eigenvalue weighted by Crippen LogP contribution is -2.31. The van der Waals surface area contributed by atoms with Gasteiger partial charge in [0.2, 0.25) is 5.76 Å². The van der Waals surface area contributed by atoms with E-state index in [2.05, 4.69) is 0 Å². The van der Waals surface area contributed by atoms with Gasteiger partial charge in [-0.1, -0.05) is 29.8 Å². The van der Waals surface area contributed by atoms with E-state index < -0.39 is 23.2 Å². The molecule has 8 heteroatoms. The first kappa shape index (κ1) is 22.9. The van der Waals surface area contributed by atoms with Crippen molar-refractivity contribution in [2.45, 2.75) is 12.5 Å². The lowest BCUT2D eigenvalue weighted by Gasteiger charge is -2.25. The molecule has 0 saturated carbocycles. The molecule has 1 atom stereocenters. The largest absolute Gasteiger partial charge is 0.493 e. The van der Waals surface area contributed by atoms with Crippen LogP contribution in [0.5, 0.6) is 11.5 Å². The van der Waals surface area contributed by atoms with Crippen molar-refractivity contribution < 1.29 is 23.1 Å². The third-order valence-electron chi connectivity index (χ3n) is 6.18. The predicted molar refractivity (Wildman–Crippen MR) is 130 cm³/mol. The van der Waals surface area contributed by atoms with E-state index in [-0.39, 0.29) is 22.3 Å².